The van der Waals surface area contributed by atoms with Crippen molar-refractivity contribution < 1.29 is 8.42 Å². The van der Waals surface area contributed by atoms with Gasteiger partial charge in [0.2, 0.25) is 0 Å². The molecule has 3 rings (SSSR count). The number of hydrogen-bond acceptors (Lipinski definition) is 3. The maximum absolute atomic E-state index is 11.6. The fourth-order valence-corrected chi connectivity index (χ4v) is 6.04. The van der Waals surface area contributed by atoms with E-state index < -0.39 is 9.84 Å². The molecule has 0 amide bonds. The van der Waals surface area contributed by atoms with Crippen LogP contribution in [0.4, 0.5) is 0 Å². The lowest BCUT2D eigenvalue weighted by atomic mass is 9.70. The summed E-state index contributed by atoms with van der Waals surface area (Å²) in [5.41, 5.74) is 0.0231. The van der Waals surface area contributed by atoms with E-state index in [4.69, 9.17) is 0 Å². The Hall–Kier alpha value is -0.350. The van der Waals surface area contributed by atoms with E-state index in [1.807, 2.05) is 0 Å². The summed E-state index contributed by atoms with van der Waals surface area (Å²) in [6.45, 7) is 3.16. The topological polar surface area (TPSA) is 46.2 Å². The van der Waals surface area contributed by atoms with Gasteiger partial charge >= 0.3 is 0 Å². The molecule has 114 valence electrons. The molecule has 4 heteroatoms. The second-order valence-corrected chi connectivity index (χ2v) is 9.68. The first-order valence-corrected chi connectivity index (χ1v) is 10.0. The van der Waals surface area contributed by atoms with Crippen LogP contribution in [0.25, 0.3) is 0 Å². The van der Waals surface area contributed by atoms with Crippen molar-refractivity contribution in [1.29, 1.82) is 0 Å². The van der Waals surface area contributed by atoms with Crippen molar-refractivity contribution in [2.45, 2.75) is 45.1 Å². The molecule has 0 aromatic rings. The van der Waals surface area contributed by atoms with E-state index in [1.54, 1.807) is 0 Å². The van der Waals surface area contributed by atoms with E-state index in [2.05, 4.69) is 24.4 Å². The van der Waals surface area contributed by atoms with E-state index >= 15 is 0 Å². The van der Waals surface area contributed by atoms with Gasteiger partial charge in [-0.15, -0.1) is 0 Å². The van der Waals surface area contributed by atoms with Gasteiger partial charge in [-0.05, 0) is 55.8 Å². The standard InChI is InChI=1S/C16H27NO2S/c1-12(15-9-13-4-5-14(15)8-13)17-10-16(6-3-7-16)11-20(2,18)19/h4-5,12-15,17H,3,6-11H2,1-2H3. The predicted octanol–water partition coefficient (Wildman–Crippen LogP) is 2.39. The zero-order valence-corrected chi connectivity index (χ0v) is 13.5. The van der Waals surface area contributed by atoms with Crippen LogP contribution in [0, 0.1) is 23.2 Å². The molecule has 2 saturated carbocycles. The fourth-order valence-electron chi connectivity index (χ4n) is 4.53. The molecule has 0 heterocycles. The quantitative estimate of drug-likeness (QED) is 0.766. The lowest BCUT2D eigenvalue weighted by Gasteiger charge is -2.43. The molecule has 0 radical (unpaired) electrons. The van der Waals surface area contributed by atoms with Gasteiger partial charge in [0.05, 0.1) is 5.75 Å². The molecule has 3 nitrogen and oxygen atoms in total. The van der Waals surface area contributed by atoms with Gasteiger partial charge in [-0.1, -0.05) is 18.6 Å². The average molecular weight is 297 g/mol. The third kappa shape index (κ3) is 2.96. The highest BCUT2D eigenvalue weighted by Crippen LogP contribution is 2.46. The van der Waals surface area contributed by atoms with Gasteiger partial charge in [0, 0.05) is 18.8 Å². The van der Waals surface area contributed by atoms with Crippen LogP contribution in [0.5, 0.6) is 0 Å². The Kier molecular flexibility index (Phi) is 3.74. The summed E-state index contributed by atoms with van der Waals surface area (Å²) in [4.78, 5) is 0. The number of rotatable bonds is 6. The van der Waals surface area contributed by atoms with Crippen LogP contribution in [-0.4, -0.2) is 33.0 Å². The first-order valence-electron chi connectivity index (χ1n) is 7.96. The third-order valence-corrected chi connectivity index (χ3v) is 6.89. The summed E-state index contributed by atoms with van der Waals surface area (Å²) in [5, 5.41) is 3.68. The Morgan fingerprint density at radius 2 is 2.05 bits per heavy atom. The maximum atomic E-state index is 11.6. The number of nitrogens with one attached hydrogen (secondary N) is 1. The van der Waals surface area contributed by atoms with Crippen molar-refractivity contribution in [2.75, 3.05) is 18.6 Å². The summed E-state index contributed by atoms with van der Waals surface area (Å²) in [5.74, 6) is 2.68. The fraction of sp³-hybridized carbons (Fsp3) is 0.875. The number of fused-ring (bicyclic) bond motifs is 2. The second-order valence-electron chi connectivity index (χ2n) is 7.54. The van der Waals surface area contributed by atoms with E-state index in [0.29, 0.717) is 11.8 Å². The van der Waals surface area contributed by atoms with Crippen molar-refractivity contribution in [2.24, 2.45) is 23.2 Å². The van der Waals surface area contributed by atoms with Crippen LogP contribution in [0.3, 0.4) is 0 Å². The summed E-state index contributed by atoms with van der Waals surface area (Å²) in [7, 11) is -2.87. The molecule has 3 aliphatic rings. The highest BCUT2D eigenvalue weighted by Gasteiger charge is 2.42. The van der Waals surface area contributed by atoms with Crippen LogP contribution < -0.4 is 5.32 Å². The molecule has 2 bridgehead atoms. The van der Waals surface area contributed by atoms with E-state index in [9.17, 15) is 8.42 Å². The molecule has 0 saturated heterocycles. The zero-order valence-electron chi connectivity index (χ0n) is 12.6. The minimum absolute atomic E-state index is 0.0231. The SMILES string of the molecule is CC(NCC1(CS(C)(=O)=O)CCC1)C1CC2C=CC1C2. The minimum Gasteiger partial charge on any atom is -0.313 e. The Balaban J connectivity index is 1.54. The maximum Gasteiger partial charge on any atom is 0.148 e. The van der Waals surface area contributed by atoms with Crippen molar-refractivity contribution in [3.63, 3.8) is 0 Å². The molecule has 0 spiro atoms. The molecular weight excluding hydrogens is 270 g/mol. The van der Waals surface area contributed by atoms with Gasteiger partial charge in [-0.3, -0.25) is 0 Å². The van der Waals surface area contributed by atoms with Crippen LogP contribution in [0.15, 0.2) is 12.2 Å². The van der Waals surface area contributed by atoms with Gasteiger partial charge in [-0.2, -0.15) is 0 Å². The van der Waals surface area contributed by atoms with Gasteiger partial charge in [0.25, 0.3) is 0 Å². The summed E-state index contributed by atoms with van der Waals surface area (Å²) < 4.78 is 23.2. The first-order chi connectivity index (χ1) is 9.37. The molecule has 0 aliphatic heterocycles. The van der Waals surface area contributed by atoms with Gasteiger partial charge in [0.15, 0.2) is 0 Å². The average Bonchev–Trinajstić information content (AvgIpc) is 2.92. The molecule has 20 heavy (non-hydrogen) atoms. The largest absolute Gasteiger partial charge is 0.313 e. The second kappa shape index (κ2) is 5.13. The lowest BCUT2D eigenvalue weighted by Crippen LogP contribution is -2.48. The first kappa shape index (κ1) is 14.6. The van der Waals surface area contributed by atoms with E-state index in [1.165, 1.54) is 25.5 Å². The number of sulfone groups is 1. The Morgan fingerprint density at radius 1 is 1.30 bits per heavy atom. The van der Waals surface area contributed by atoms with E-state index in [0.717, 1.165) is 37.1 Å². The molecule has 4 atom stereocenters. The van der Waals surface area contributed by atoms with Crippen LogP contribution >= 0.6 is 0 Å². The normalized spacial score (nSPS) is 36.0. The molecule has 4 unspecified atom stereocenters. The Morgan fingerprint density at radius 3 is 2.50 bits per heavy atom. The van der Waals surface area contributed by atoms with Gasteiger partial charge in [-0.25, -0.2) is 8.42 Å². The van der Waals surface area contributed by atoms with Crippen molar-refractivity contribution in [3.8, 4) is 0 Å². The monoisotopic (exact) mass is 297 g/mol. The Labute approximate surface area is 123 Å². The Bertz CT molecular complexity index is 493. The van der Waals surface area contributed by atoms with Crippen molar-refractivity contribution >= 4 is 9.84 Å². The van der Waals surface area contributed by atoms with Crippen molar-refractivity contribution in [1.82, 2.24) is 5.32 Å². The third-order valence-electron chi connectivity index (χ3n) is 5.75. The molecule has 3 aliphatic carbocycles. The van der Waals surface area contributed by atoms with Crippen LogP contribution in [0.2, 0.25) is 0 Å². The summed E-state index contributed by atoms with van der Waals surface area (Å²) >= 11 is 0. The highest BCUT2D eigenvalue weighted by atomic mass is 32.2. The number of hydrogen-bond donors (Lipinski definition) is 1. The highest BCUT2D eigenvalue weighted by molar-refractivity contribution is 7.90. The van der Waals surface area contributed by atoms with Gasteiger partial charge in [0.1, 0.15) is 9.84 Å². The molecular formula is C16H27NO2S. The molecule has 2 fully saturated rings. The summed E-state index contributed by atoms with van der Waals surface area (Å²) in [6.07, 6.45) is 12.1. The predicted molar refractivity (Wildman–Crippen MR) is 82.3 cm³/mol. The van der Waals surface area contributed by atoms with Crippen LogP contribution in [-0.2, 0) is 9.84 Å². The van der Waals surface area contributed by atoms with Gasteiger partial charge < -0.3 is 5.32 Å². The van der Waals surface area contributed by atoms with Crippen LogP contribution in [0.1, 0.15) is 39.0 Å². The number of allylic oxidation sites excluding steroid dienone is 2. The molecule has 1 N–H and O–H groups in total. The molecule has 0 aromatic carbocycles. The summed E-state index contributed by atoms with van der Waals surface area (Å²) in [6, 6.07) is 0.506. The van der Waals surface area contributed by atoms with Crippen molar-refractivity contribution in [3.05, 3.63) is 12.2 Å². The smallest absolute Gasteiger partial charge is 0.148 e. The molecule has 0 aromatic heterocycles. The van der Waals surface area contributed by atoms with E-state index in [-0.39, 0.29) is 5.41 Å². The minimum atomic E-state index is -2.87. The zero-order chi connectivity index (χ0) is 14.4. The lowest BCUT2D eigenvalue weighted by molar-refractivity contribution is 0.147.